The van der Waals surface area contributed by atoms with Gasteiger partial charge < -0.3 is 19.7 Å². The van der Waals surface area contributed by atoms with Gasteiger partial charge in [0.05, 0.1) is 17.3 Å². The molecule has 7 aliphatic rings. The van der Waals surface area contributed by atoms with Gasteiger partial charge in [0, 0.05) is 81.0 Å². The SMILES string of the molecule is CN(C)C(=O)c1cc2cnc(Nc3ccc(N4CCN(C56CC(c7cccc8c7C(C)(C)C(=O)N8[C@H]7CCC(=O)NC7=O)(C5)C6)CC4)cn3)nc2n1C1CCCC1. The molecule has 4 aromatic rings. The fourth-order valence-electron chi connectivity index (χ4n) is 11.1. The third kappa shape index (κ3) is 5.49. The number of carbonyl (C=O) groups is 4. The van der Waals surface area contributed by atoms with E-state index in [1.54, 1.807) is 30.1 Å². The summed E-state index contributed by atoms with van der Waals surface area (Å²) in [5.74, 6) is 0.361. The Morgan fingerprint density at radius 1 is 0.930 bits per heavy atom. The van der Waals surface area contributed by atoms with E-state index >= 15 is 0 Å². The summed E-state index contributed by atoms with van der Waals surface area (Å²) >= 11 is 0. The van der Waals surface area contributed by atoms with Crippen LogP contribution in [0.1, 0.15) is 99.3 Å². The van der Waals surface area contributed by atoms with Crippen molar-refractivity contribution in [3.63, 3.8) is 0 Å². The predicted octanol–water partition coefficient (Wildman–Crippen LogP) is 4.81. The number of aromatic nitrogens is 4. The molecule has 4 saturated carbocycles. The van der Waals surface area contributed by atoms with E-state index in [2.05, 4.69) is 42.1 Å². The number of amides is 4. The highest BCUT2D eigenvalue weighted by molar-refractivity contribution is 6.14. The molecule has 6 heterocycles. The molecular formula is C43H50N10O4. The normalized spacial score (nSPS) is 26.9. The molecular weight excluding hydrogens is 721 g/mol. The summed E-state index contributed by atoms with van der Waals surface area (Å²) < 4.78 is 2.12. The van der Waals surface area contributed by atoms with Crippen molar-refractivity contribution in [1.29, 1.82) is 0 Å². The first kappa shape index (κ1) is 36.0. The lowest BCUT2D eigenvalue weighted by Crippen LogP contribution is -2.78. The van der Waals surface area contributed by atoms with Gasteiger partial charge in [-0.1, -0.05) is 25.0 Å². The number of pyridine rings is 1. The summed E-state index contributed by atoms with van der Waals surface area (Å²) in [7, 11) is 3.56. The topological polar surface area (TPSA) is 149 Å². The Bertz CT molecular complexity index is 2320. The Morgan fingerprint density at radius 3 is 2.37 bits per heavy atom. The zero-order valence-electron chi connectivity index (χ0n) is 33.2. The molecule has 57 heavy (non-hydrogen) atoms. The molecule has 14 nitrogen and oxygen atoms in total. The fraction of sp³-hybridized carbons (Fsp3) is 0.512. The predicted molar refractivity (Wildman–Crippen MR) is 216 cm³/mol. The van der Waals surface area contributed by atoms with Gasteiger partial charge in [-0.25, -0.2) is 9.97 Å². The van der Waals surface area contributed by atoms with E-state index in [0.29, 0.717) is 23.9 Å². The first-order valence-electron chi connectivity index (χ1n) is 20.5. The summed E-state index contributed by atoms with van der Waals surface area (Å²) in [5, 5.41) is 6.60. The van der Waals surface area contributed by atoms with Crippen molar-refractivity contribution in [3.05, 3.63) is 65.6 Å². The molecule has 2 N–H and O–H groups in total. The minimum atomic E-state index is -0.750. The zero-order valence-corrected chi connectivity index (χ0v) is 33.2. The van der Waals surface area contributed by atoms with Crippen LogP contribution in [0.25, 0.3) is 11.0 Å². The smallest absolute Gasteiger partial charge is 0.270 e. The molecule has 6 fully saturated rings. The second-order valence-electron chi connectivity index (χ2n) is 18.0. The molecule has 2 bridgehead atoms. The van der Waals surface area contributed by atoms with Gasteiger partial charge in [-0.3, -0.25) is 34.3 Å². The highest BCUT2D eigenvalue weighted by Crippen LogP contribution is 2.72. The molecule has 0 unspecified atom stereocenters. The van der Waals surface area contributed by atoms with Crippen LogP contribution in [0.3, 0.4) is 0 Å². The van der Waals surface area contributed by atoms with Gasteiger partial charge in [0.15, 0.2) is 0 Å². The number of piperidine rings is 1. The zero-order chi connectivity index (χ0) is 39.4. The van der Waals surface area contributed by atoms with Crippen molar-refractivity contribution in [2.45, 2.75) is 100 Å². The van der Waals surface area contributed by atoms with Crippen molar-refractivity contribution >= 4 is 57.8 Å². The van der Waals surface area contributed by atoms with E-state index in [1.807, 2.05) is 44.3 Å². The first-order chi connectivity index (χ1) is 27.4. The monoisotopic (exact) mass is 770 g/mol. The van der Waals surface area contributed by atoms with E-state index in [0.717, 1.165) is 99.1 Å². The molecule has 1 atom stereocenters. The molecule has 0 spiro atoms. The van der Waals surface area contributed by atoms with Crippen molar-refractivity contribution in [1.82, 2.24) is 34.6 Å². The maximum atomic E-state index is 13.9. The number of rotatable bonds is 8. The summed E-state index contributed by atoms with van der Waals surface area (Å²) in [6.45, 7) is 7.75. The van der Waals surface area contributed by atoms with Crippen LogP contribution in [-0.4, -0.2) is 105 Å². The maximum Gasteiger partial charge on any atom is 0.270 e. The second kappa shape index (κ2) is 12.8. The van der Waals surface area contributed by atoms with Crippen molar-refractivity contribution in [3.8, 4) is 0 Å². The molecule has 0 radical (unpaired) electrons. The quantitative estimate of drug-likeness (QED) is 0.239. The molecule has 4 aliphatic carbocycles. The molecule has 3 aliphatic heterocycles. The minimum Gasteiger partial charge on any atom is -0.368 e. The third-order valence-corrected chi connectivity index (χ3v) is 14.0. The lowest BCUT2D eigenvalue weighted by atomic mass is 9.36. The van der Waals surface area contributed by atoms with Gasteiger partial charge in [-0.2, -0.15) is 4.98 Å². The van der Waals surface area contributed by atoms with Crippen LogP contribution in [0.2, 0.25) is 0 Å². The van der Waals surface area contributed by atoms with Crippen molar-refractivity contribution < 1.29 is 19.2 Å². The van der Waals surface area contributed by atoms with Gasteiger partial charge in [0.25, 0.3) is 5.91 Å². The summed E-state index contributed by atoms with van der Waals surface area (Å²) in [4.78, 5) is 74.4. The maximum absolute atomic E-state index is 13.9. The van der Waals surface area contributed by atoms with Gasteiger partial charge in [-0.15, -0.1) is 0 Å². The van der Waals surface area contributed by atoms with Crippen LogP contribution >= 0.6 is 0 Å². The fourth-order valence-corrected chi connectivity index (χ4v) is 11.1. The summed E-state index contributed by atoms with van der Waals surface area (Å²) in [6, 6.07) is 11.8. The van der Waals surface area contributed by atoms with Gasteiger partial charge >= 0.3 is 0 Å². The largest absolute Gasteiger partial charge is 0.368 e. The Morgan fingerprint density at radius 2 is 1.68 bits per heavy atom. The van der Waals surface area contributed by atoms with E-state index in [4.69, 9.17) is 9.97 Å². The highest BCUT2D eigenvalue weighted by atomic mass is 16.2. The summed E-state index contributed by atoms with van der Waals surface area (Å²) in [5.41, 5.74) is 5.14. The highest BCUT2D eigenvalue weighted by Gasteiger charge is 2.71. The van der Waals surface area contributed by atoms with Crippen LogP contribution in [0.4, 0.5) is 23.1 Å². The molecule has 1 aromatic carbocycles. The average molecular weight is 771 g/mol. The molecule has 3 aromatic heterocycles. The van der Waals surface area contributed by atoms with Crippen LogP contribution in [0, 0.1) is 0 Å². The van der Waals surface area contributed by atoms with Gasteiger partial charge in [0.1, 0.15) is 23.2 Å². The summed E-state index contributed by atoms with van der Waals surface area (Å²) in [6.07, 6.45) is 11.9. The molecule has 296 valence electrons. The van der Waals surface area contributed by atoms with E-state index < -0.39 is 11.5 Å². The van der Waals surface area contributed by atoms with E-state index in [1.165, 1.54) is 5.56 Å². The Kier molecular flexibility index (Phi) is 8.10. The number of imide groups is 1. The van der Waals surface area contributed by atoms with Crippen molar-refractivity contribution in [2.75, 3.05) is 55.4 Å². The number of piperazine rings is 1. The number of hydrogen-bond acceptors (Lipinski definition) is 10. The third-order valence-electron chi connectivity index (χ3n) is 14.0. The van der Waals surface area contributed by atoms with Gasteiger partial charge in [-0.05, 0) is 87.8 Å². The standard InChI is InChI=1S/C43H50N10O4/c1-41(2)35-29(10-7-11-30(35)53(39(41)57)31-13-15-34(54)47-37(31)55)42-23-43(24-42,25-42)51-18-16-50(17-19-51)28-12-14-33(44-22-28)46-40-45-21-26-20-32(38(56)49(3)4)52(36(26)48-40)27-8-5-6-9-27/h7,10-12,14,20-22,27,31H,5-6,8-9,13,15-19,23-25H2,1-4H3,(H,47,54,55)(H,44,45,46,48)/t31-,42?,43?/m0/s1. The average Bonchev–Trinajstić information content (AvgIpc) is 3.87. The number of fused-ring (bicyclic) bond motifs is 2. The number of nitrogens with one attached hydrogen (secondary N) is 2. The van der Waals surface area contributed by atoms with Crippen LogP contribution < -0.4 is 20.4 Å². The van der Waals surface area contributed by atoms with Crippen LogP contribution in [0.5, 0.6) is 0 Å². The molecule has 2 saturated heterocycles. The Labute approximate surface area is 332 Å². The van der Waals surface area contributed by atoms with E-state index in [-0.39, 0.29) is 47.0 Å². The lowest BCUT2D eigenvalue weighted by Gasteiger charge is -2.75. The molecule has 4 amide bonds. The second-order valence-corrected chi connectivity index (χ2v) is 18.0. The molecule has 11 rings (SSSR count). The van der Waals surface area contributed by atoms with Crippen LogP contribution in [0.15, 0.2) is 48.8 Å². The number of anilines is 4. The van der Waals surface area contributed by atoms with Crippen molar-refractivity contribution in [2.24, 2.45) is 0 Å². The number of nitrogens with zero attached hydrogens (tertiary/aromatic N) is 8. The molecule has 14 heteroatoms. The first-order valence-corrected chi connectivity index (χ1v) is 20.5. The Hall–Kier alpha value is -5.37. The van der Waals surface area contributed by atoms with Gasteiger partial charge in [0.2, 0.25) is 23.7 Å². The Balaban J connectivity index is 0.790. The number of benzene rings is 1. The van der Waals surface area contributed by atoms with Crippen LogP contribution in [-0.2, 0) is 25.2 Å². The number of carbonyl (C=O) groups excluding carboxylic acids is 4. The minimum absolute atomic E-state index is 0.0276. The lowest BCUT2D eigenvalue weighted by molar-refractivity contribution is -0.171. The van der Waals surface area contributed by atoms with E-state index in [9.17, 15) is 19.2 Å². The number of hydrogen-bond donors (Lipinski definition) is 2.